The molecule has 0 amide bonds. The minimum Gasteiger partial charge on any atom is -0.456 e. The number of para-hydroxylation sites is 2. The van der Waals surface area contributed by atoms with Gasteiger partial charge in [0.25, 0.3) is 0 Å². The van der Waals surface area contributed by atoms with Crippen molar-refractivity contribution in [1.82, 2.24) is 0 Å². The van der Waals surface area contributed by atoms with Crippen molar-refractivity contribution in [2.45, 2.75) is 18.8 Å². The SMILES string of the molecule is c1ccc(C2CCc3cc4oc5ccccc5c4c(-c4ccc5c(c4)sc4ccccc45)c3-c3ccc(N(c4ccccc4)c4ccc(-c5cc6ccccc6c6ccccc56)cc4)cc32)cc1. The average molecular weight is 886 g/mol. The lowest BCUT2D eigenvalue weighted by Gasteiger charge is -2.28. The monoisotopic (exact) mass is 885 g/mol. The summed E-state index contributed by atoms with van der Waals surface area (Å²) in [6.45, 7) is 0. The lowest BCUT2D eigenvalue weighted by atomic mass is 9.83. The zero-order valence-electron chi connectivity index (χ0n) is 37.2. The van der Waals surface area contributed by atoms with E-state index in [1.165, 1.54) is 97.2 Å². The fourth-order valence-electron chi connectivity index (χ4n) is 11.4. The van der Waals surface area contributed by atoms with E-state index in [0.717, 1.165) is 46.5 Å². The number of thiophene rings is 1. The average Bonchev–Trinajstić information content (AvgIpc) is 3.92. The van der Waals surface area contributed by atoms with Crippen LogP contribution in [0.4, 0.5) is 17.1 Å². The number of aryl methyl sites for hydroxylation is 1. The van der Waals surface area contributed by atoms with Crippen LogP contribution in [0.2, 0.25) is 0 Å². The minimum absolute atomic E-state index is 0.167. The van der Waals surface area contributed by atoms with Gasteiger partial charge in [-0.2, -0.15) is 0 Å². The Morgan fingerprint density at radius 1 is 0.412 bits per heavy atom. The Kier molecular flexibility index (Phi) is 9.00. The molecule has 1 aliphatic carbocycles. The van der Waals surface area contributed by atoms with Gasteiger partial charge in [0.05, 0.1) is 0 Å². The summed E-state index contributed by atoms with van der Waals surface area (Å²) in [5.41, 5.74) is 16.7. The highest BCUT2D eigenvalue weighted by Crippen LogP contribution is 2.52. The van der Waals surface area contributed by atoms with Crippen LogP contribution in [0.25, 0.3) is 97.0 Å². The second-order valence-electron chi connectivity index (χ2n) is 18.2. The van der Waals surface area contributed by atoms with E-state index in [1.54, 1.807) is 0 Å². The second-order valence-corrected chi connectivity index (χ2v) is 19.3. The van der Waals surface area contributed by atoms with Gasteiger partial charge in [-0.05, 0) is 146 Å². The molecule has 2 heterocycles. The molecule has 68 heavy (non-hydrogen) atoms. The summed E-state index contributed by atoms with van der Waals surface area (Å²) in [5.74, 6) is 0.167. The molecule has 0 aliphatic heterocycles. The van der Waals surface area contributed by atoms with Gasteiger partial charge in [0.2, 0.25) is 0 Å². The molecule has 0 radical (unpaired) electrons. The molecule has 13 aromatic rings. The van der Waals surface area contributed by atoms with E-state index in [-0.39, 0.29) is 5.92 Å². The third-order valence-corrected chi connectivity index (χ3v) is 15.6. The Morgan fingerprint density at radius 3 is 1.90 bits per heavy atom. The summed E-state index contributed by atoms with van der Waals surface area (Å²) in [4.78, 5) is 2.43. The van der Waals surface area contributed by atoms with Crippen molar-refractivity contribution in [2.24, 2.45) is 0 Å². The molecule has 0 saturated carbocycles. The highest BCUT2D eigenvalue weighted by atomic mass is 32.1. The third kappa shape index (κ3) is 6.23. The summed E-state index contributed by atoms with van der Waals surface area (Å²) in [5, 5.41) is 10.0. The van der Waals surface area contributed by atoms with Gasteiger partial charge in [0.1, 0.15) is 11.2 Å². The fourth-order valence-corrected chi connectivity index (χ4v) is 12.6. The first kappa shape index (κ1) is 39.0. The van der Waals surface area contributed by atoms with Gasteiger partial charge in [-0.25, -0.2) is 0 Å². The summed E-state index contributed by atoms with van der Waals surface area (Å²) < 4.78 is 9.39. The maximum atomic E-state index is 6.78. The van der Waals surface area contributed by atoms with Crippen molar-refractivity contribution in [2.75, 3.05) is 4.90 Å². The molecule has 1 atom stereocenters. The molecule has 2 nitrogen and oxygen atoms in total. The van der Waals surface area contributed by atoms with Gasteiger partial charge in [0, 0.05) is 59.5 Å². The Balaban J connectivity index is 0.986. The summed E-state index contributed by atoms with van der Waals surface area (Å²) in [7, 11) is 0. The van der Waals surface area contributed by atoms with Crippen LogP contribution in [0.3, 0.4) is 0 Å². The fraction of sp³-hybridized carbons (Fsp3) is 0.0462. The standard InChI is InChI=1S/C65H43NOS/c1-3-15-41(16-4-1)50-34-29-44-38-60-65(56-24-11-13-25-59(56)67-60)64(45-30-35-54-53-23-12-14-26-61(53)68-62(54)39-45)63(44)55-36-33-48(40-58(50)55)66(46-18-5-2-6-19-46)47-31-27-42(28-32-47)57-37-43-17-7-8-20-49(43)51-21-9-10-22-52(51)57/h1-28,30-33,35-40,50H,29,34H2. The zero-order chi connectivity index (χ0) is 44.7. The Hall–Kier alpha value is -8.24. The molecule has 1 unspecified atom stereocenters. The van der Waals surface area contributed by atoms with E-state index in [2.05, 4.69) is 235 Å². The Morgan fingerprint density at radius 2 is 1.06 bits per heavy atom. The molecule has 0 N–H and O–H groups in total. The third-order valence-electron chi connectivity index (χ3n) is 14.5. The van der Waals surface area contributed by atoms with Gasteiger partial charge in [0.15, 0.2) is 0 Å². The molecule has 0 saturated heterocycles. The van der Waals surface area contributed by atoms with Crippen molar-refractivity contribution in [3.8, 4) is 33.4 Å². The second kappa shape index (κ2) is 15.7. The van der Waals surface area contributed by atoms with Crippen LogP contribution in [-0.4, -0.2) is 0 Å². The topological polar surface area (TPSA) is 16.4 Å². The molecule has 2 aromatic heterocycles. The number of benzene rings is 11. The predicted octanol–water partition coefficient (Wildman–Crippen LogP) is 18.8. The number of furan rings is 1. The van der Waals surface area contributed by atoms with Gasteiger partial charge in [-0.3, -0.25) is 0 Å². The van der Waals surface area contributed by atoms with Crippen LogP contribution < -0.4 is 4.90 Å². The van der Waals surface area contributed by atoms with Crippen molar-refractivity contribution in [1.29, 1.82) is 0 Å². The summed E-state index contributed by atoms with van der Waals surface area (Å²) in [6, 6.07) is 85.2. The Labute approximate surface area is 398 Å². The largest absolute Gasteiger partial charge is 0.456 e. The molecule has 11 aromatic carbocycles. The minimum atomic E-state index is 0.167. The van der Waals surface area contributed by atoms with Crippen LogP contribution in [-0.2, 0) is 6.42 Å². The molecule has 0 bridgehead atoms. The van der Waals surface area contributed by atoms with Gasteiger partial charge >= 0.3 is 0 Å². The number of anilines is 3. The van der Waals surface area contributed by atoms with Gasteiger partial charge in [-0.15, -0.1) is 11.3 Å². The van der Waals surface area contributed by atoms with Crippen LogP contribution in [0.5, 0.6) is 0 Å². The first-order valence-corrected chi connectivity index (χ1v) is 24.5. The molecular weight excluding hydrogens is 843 g/mol. The molecule has 0 fully saturated rings. The maximum Gasteiger partial charge on any atom is 0.136 e. The zero-order valence-corrected chi connectivity index (χ0v) is 38.0. The quantitative estimate of drug-likeness (QED) is 0.155. The summed E-state index contributed by atoms with van der Waals surface area (Å²) in [6.07, 6.45) is 1.88. The highest BCUT2D eigenvalue weighted by molar-refractivity contribution is 7.25. The molecule has 1 aliphatic rings. The van der Waals surface area contributed by atoms with Crippen LogP contribution in [0.15, 0.2) is 235 Å². The first-order chi connectivity index (χ1) is 33.7. The van der Waals surface area contributed by atoms with E-state index in [0.29, 0.717) is 0 Å². The lowest BCUT2D eigenvalue weighted by Crippen LogP contribution is -2.11. The summed E-state index contributed by atoms with van der Waals surface area (Å²) >= 11 is 1.88. The number of nitrogens with zero attached hydrogens (tertiary/aromatic N) is 1. The van der Waals surface area contributed by atoms with Crippen molar-refractivity contribution in [3.63, 3.8) is 0 Å². The molecule has 320 valence electrons. The first-order valence-electron chi connectivity index (χ1n) is 23.7. The van der Waals surface area contributed by atoms with Gasteiger partial charge < -0.3 is 9.32 Å². The van der Waals surface area contributed by atoms with E-state index in [4.69, 9.17) is 4.42 Å². The van der Waals surface area contributed by atoms with Crippen LogP contribution >= 0.6 is 11.3 Å². The lowest BCUT2D eigenvalue weighted by molar-refractivity contribution is 0.667. The maximum absolute atomic E-state index is 6.78. The van der Waals surface area contributed by atoms with Crippen molar-refractivity contribution < 1.29 is 4.42 Å². The van der Waals surface area contributed by atoms with Gasteiger partial charge in [-0.1, -0.05) is 164 Å². The normalized spacial score (nSPS) is 13.6. The predicted molar refractivity (Wildman–Crippen MR) is 289 cm³/mol. The van der Waals surface area contributed by atoms with E-state index in [1.807, 2.05) is 11.3 Å². The number of hydrogen-bond donors (Lipinski definition) is 0. The van der Waals surface area contributed by atoms with E-state index < -0.39 is 0 Å². The molecular formula is C65H43NOS. The number of hydrogen-bond acceptors (Lipinski definition) is 3. The molecule has 14 rings (SSSR count). The van der Waals surface area contributed by atoms with Crippen molar-refractivity contribution in [3.05, 3.63) is 247 Å². The van der Waals surface area contributed by atoms with Crippen LogP contribution in [0, 0.1) is 0 Å². The highest BCUT2D eigenvalue weighted by Gasteiger charge is 2.30. The number of fused-ring (bicyclic) bond motifs is 12. The van der Waals surface area contributed by atoms with Crippen LogP contribution in [0.1, 0.15) is 29.0 Å². The van der Waals surface area contributed by atoms with Crippen molar-refractivity contribution >= 4 is 92.1 Å². The smallest absolute Gasteiger partial charge is 0.136 e. The Bertz CT molecular complexity index is 4090. The van der Waals surface area contributed by atoms with E-state index >= 15 is 0 Å². The van der Waals surface area contributed by atoms with E-state index in [9.17, 15) is 0 Å². The molecule has 0 spiro atoms. The molecule has 3 heteroatoms. The number of rotatable bonds is 6.